The van der Waals surface area contributed by atoms with E-state index in [-0.39, 0.29) is 11.3 Å². The summed E-state index contributed by atoms with van der Waals surface area (Å²) in [6.45, 7) is 5.12. The van der Waals surface area contributed by atoms with Gasteiger partial charge in [-0.15, -0.1) is 0 Å². The molecule has 19 heavy (non-hydrogen) atoms. The number of carbonyl (C=O) groups excluding carboxylic acids is 1. The standard InChI is InChI=1S/C15H20N2O2/c1-15(2,10-17-14(18)8-16-3)12-9-19-13-7-5-4-6-11(12)13/h4-7,9,16H,8,10H2,1-3H3,(H,17,18). The van der Waals surface area contributed by atoms with E-state index >= 15 is 0 Å². The number of benzene rings is 1. The van der Waals surface area contributed by atoms with E-state index in [9.17, 15) is 4.79 Å². The number of rotatable bonds is 5. The van der Waals surface area contributed by atoms with E-state index in [1.54, 1.807) is 13.3 Å². The molecule has 102 valence electrons. The highest BCUT2D eigenvalue weighted by Crippen LogP contribution is 2.31. The molecule has 2 rings (SSSR count). The third kappa shape index (κ3) is 2.96. The molecule has 0 fully saturated rings. The summed E-state index contributed by atoms with van der Waals surface area (Å²) in [5.41, 5.74) is 1.83. The second-order valence-electron chi connectivity index (χ2n) is 5.34. The maximum atomic E-state index is 11.5. The Morgan fingerprint density at radius 1 is 1.32 bits per heavy atom. The summed E-state index contributed by atoms with van der Waals surface area (Å²) in [5, 5.41) is 6.88. The van der Waals surface area contributed by atoms with E-state index in [2.05, 4.69) is 24.5 Å². The first-order valence-corrected chi connectivity index (χ1v) is 6.42. The number of carbonyl (C=O) groups is 1. The van der Waals surface area contributed by atoms with E-state index in [4.69, 9.17) is 4.42 Å². The van der Waals surface area contributed by atoms with Crippen LogP contribution in [0.2, 0.25) is 0 Å². The molecule has 0 radical (unpaired) electrons. The van der Waals surface area contributed by atoms with Gasteiger partial charge in [-0.3, -0.25) is 4.79 Å². The smallest absolute Gasteiger partial charge is 0.233 e. The number of fused-ring (bicyclic) bond motifs is 1. The molecule has 0 saturated heterocycles. The van der Waals surface area contributed by atoms with E-state index in [0.29, 0.717) is 13.1 Å². The minimum atomic E-state index is -0.171. The van der Waals surface area contributed by atoms with Gasteiger partial charge >= 0.3 is 0 Å². The first kappa shape index (κ1) is 13.6. The molecule has 1 amide bonds. The molecule has 2 N–H and O–H groups in total. The Bertz CT molecular complexity index is 572. The van der Waals surface area contributed by atoms with Crippen LogP contribution in [0.25, 0.3) is 11.0 Å². The first-order valence-electron chi connectivity index (χ1n) is 6.42. The largest absolute Gasteiger partial charge is 0.464 e. The molecule has 0 saturated carbocycles. The maximum absolute atomic E-state index is 11.5. The van der Waals surface area contributed by atoms with Crippen LogP contribution in [0.4, 0.5) is 0 Å². The molecule has 0 bridgehead atoms. The Hall–Kier alpha value is -1.81. The Kier molecular flexibility index (Phi) is 3.90. The zero-order chi connectivity index (χ0) is 13.9. The van der Waals surface area contributed by atoms with Crippen LogP contribution in [0.15, 0.2) is 34.9 Å². The lowest BCUT2D eigenvalue weighted by Gasteiger charge is -2.24. The van der Waals surface area contributed by atoms with Gasteiger partial charge in [-0.05, 0) is 13.1 Å². The molecule has 0 aliphatic heterocycles. The van der Waals surface area contributed by atoms with Crippen molar-refractivity contribution in [1.82, 2.24) is 10.6 Å². The van der Waals surface area contributed by atoms with Gasteiger partial charge in [0, 0.05) is 22.9 Å². The molecule has 4 heteroatoms. The zero-order valence-electron chi connectivity index (χ0n) is 11.6. The zero-order valence-corrected chi connectivity index (χ0v) is 11.6. The van der Waals surface area contributed by atoms with E-state index in [1.807, 2.05) is 24.3 Å². The van der Waals surface area contributed by atoms with Gasteiger partial charge in [0.2, 0.25) is 5.91 Å². The molecule has 1 heterocycles. The van der Waals surface area contributed by atoms with E-state index in [0.717, 1.165) is 16.5 Å². The highest BCUT2D eigenvalue weighted by molar-refractivity contribution is 5.82. The number of para-hydroxylation sites is 1. The summed E-state index contributed by atoms with van der Waals surface area (Å²) < 4.78 is 5.56. The number of nitrogens with one attached hydrogen (secondary N) is 2. The Balaban J connectivity index is 2.17. The second-order valence-corrected chi connectivity index (χ2v) is 5.34. The molecule has 2 aromatic rings. The van der Waals surface area contributed by atoms with Gasteiger partial charge in [-0.2, -0.15) is 0 Å². The number of furan rings is 1. The van der Waals surface area contributed by atoms with Crippen molar-refractivity contribution in [2.45, 2.75) is 19.3 Å². The summed E-state index contributed by atoms with van der Waals surface area (Å²) >= 11 is 0. The Labute approximate surface area is 113 Å². The lowest BCUT2D eigenvalue weighted by molar-refractivity contribution is -0.120. The summed E-state index contributed by atoms with van der Waals surface area (Å²) in [6, 6.07) is 7.95. The fourth-order valence-corrected chi connectivity index (χ4v) is 2.14. The third-order valence-corrected chi connectivity index (χ3v) is 3.27. The molecular formula is C15H20N2O2. The van der Waals surface area contributed by atoms with Crippen molar-refractivity contribution in [2.75, 3.05) is 20.1 Å². The Morgan fingerprint density at radius 3 is 2.79 bits per heavy atom. The normalized spacial score (nSPS) is 11.7. The summed E-state index contributed by atoms with van der Waals surface area (Å²) in [6.07, 6.45) is 1.79. The van der Waals surface area contributed by atoms with E-state index < -0.39 is 0 Å². The van der Waals surface area contributed by atoms with Crippen molar-refractivity contribution in [3.8, 4) is 0 Å². The number of hydrogen-bond donors (Lipinski definition) is 2. The van der Waals surface area contributed by atoms with Gasteiger partial charge < -0.3 is 15.1 Å². The summed E-state index contributed by atoms with van der Waals surface area (Å²) in [5.74, 6) is 0.00313. The van der Waals surface area contributed by atoms with Crippen LogP contribution in [0.3, 0.4) is 0 Å². The monoisotopic (exact) mass is 260 g/mol. The van der Waals surface area contributed by atoms with Gasteiger partial charge in [0.1, 0.15) is 5.58 Å². The Morgan fingerprint density at radius 2 is 2.05 bits per heavy atom. The fourth-order valence-electron chi connectivity index (χ4n) is 2.14. The second kappa shape index (κ2) is 5.45. The van der Waals surface area contributed by atoms with Crippen LogP contribution < -0.4 is 10.6 Å². The van der Waals surface area contributed by atoms with Crippen molar-refractivity contribution in [2.24, 2.45) is 0 Å². The molecular weight excluding hydrogens is 240 g/mol. The minimum absolute atomic E-state index is 0.00313. The highest BCUT2D eigenvalue weighted by Gasteiger charge is 2.25. The molecule has 0 aliphatic rings. The van der Waals surface area contributed by atoms with Crippen molar-refractivity contribution < 1.29 is 9.21 Å². The van der Waals surface area contributed by atoms with Gasteiger partial charge in [-0.25, -0.2) is 0 Å². The van der Waals surface area contributed by atoms with Crippen LogP contribution in [-0.2, 0) is 10.2 Å². The number of likely N-dealkylation sites (N-methyl/N-ethyl adjacent to an activating group) is 1. The summed E-state index contributed by atoms with van der Waals surface area (Å²) in [7, 11) is 1.76. The predicted octanol–water partition coefficient (Wildman–Crippen LogP) is 2.05. The van der Waals surface area contributed by atoms with Gasteiger partial charge in [0.15, 0.2) is 0 Å². The SMILES string of the molecule is CNCC(=O)NCC(C)(C)c1coc2ccccc12. The molecule has 4 nitrogen and oxygen atoms in total. The van der Waals surface area contributed by atoms with E-state index in [1.165, 1.54) is 0 Å². The van der Waals surface area contributed by atoms with Gasteiger partial charge in [0.25, 0.3) is 0 Å². The molecule has 1 aromatic heterocycles. The van der Waals surface area contributed by atoms with Crippen LogP contribution in [0.5, 0.6) is 0 Å². The van der Waals surface area contributed by atoms with Crippen LogP contribution >= 0.6 is 0 Å². The topological polar surface area (TPSA) is 54.3 Å². The van der Waals surface area contributed by atoms with Crippen LogP contribution in [0, 0.1) is 0 Å². The van der Waals surface area contributed by atoms with Crippen molar-refractivity contribution >= 4 is 16.9 Å². The molecule has 0 aliphatic carbocycles. The predicted molar refractivity (Wildman–Crippen MR) is 76.2 cm³/mol. The molecule has 0 spiro atoms. The molecule has 1 aromatic carbocycles. The van der Waals surface area contributed by atoms with Crippen LogP contribution in [-0.4, -0.2) is 26.0 Å². The lowest BCUT2D eigenvalue weighted by Crippen LogP contribution is -2.40. The quantitative estimate of drug-likeness (QED) is 0.865. The average molecular weight is 260 g/mol. The van der Waals surface area contributed by atoms with Crippen molar-refractivity contribution in [3.05, 3.63) is 36.1 Å². The number of amides is 1. The maximum Gasteiger partial charge on any atom is 0.233 e. The number of hydrogen-bond acceptors (Lipinski definition) is 3. The van der Waals surface area contributed by atoms with Crippen molar-refractivity contribution in [3.63, 3.8) is 0 Å². The first-order chi connectivity index (χ1) is 9.04. The molecule has 0 unspecified atom stereocenters. The fraction of sp³-hybridized carbons (Fsp3) is 0.400. The van der Waals surface area contributed by atoms with Crippen molar-refractivity contribution in [1.29, 1.82) is 0 Å². The minimum Gasteiger partial charge on any atom is -0.464 e. The lowest BCUT2D eigenvalue weighted by atomic mass is 9.84. The van der Waals surface area contributed by atoms with Gasteiger partial charge in [-0.1, -0.05) is 32.0 Å². The average Bonchev–Trinajstić information content (AvgIpc) is 2.81. The highest BCUT2D eigenvalue weighted by atomic mass is 16.3. The van der Waals surface area contributed by atoms with Crippen LogP contribution in [0.1, 0.15) is 19.4 Å². The molecule has 0 atom stereocenters. The van der Waals surface area contributed by atoms with Gasteiger partial charge in [0.05, 0.1) is 12.8 Å². The third-order valence-electron chi connectivity index (χ3n) is 3.27. The summed E-state index contributed by atoms with van der Waals surface area (Å²) in [4.78, 5) is 11.5.